The molecule has 1 aliphatic heterocycles. The molecule has 8 heteroatoms. The van der Waals surface area contributed by atoms with E-state index in [1.54, 1.807) is 6.07 Å². The molecule has 8 nitrogen and oxygen atoms in total. The van der Waals surface area contributed by atoms with Gasteiger partial charge in [0.25, 0.3) is 5.69 Å². The first-order valence-corrected chi connectivity index (χ1v) is 8.08. The maximum absolute atomic E-state index is 11.5. The van der Waals surface area contributed by atoms with Gasteiger partial charge in [-0.1, -0.05) is 0 Å². The van der Waals surface area contributed by atoms with Crippen molar-refractivity contribution in [2.45, 2.75) is 32.1 Å². The predicted octanol–water partition coefficient (Wildman–Crippen LogP) is 1.81. The van der Waals surface area contributed by atoms with Crippen LogP contribution >= 0.6 is 0 Å². The van der Waals surface area contributed by atoms with Gasteiger partial charge < -0.3 is 10.0 Å². The van der Waals surface area contributed by atoms with Crippen LogP contribution in [0.25, 0.3) is 0 Å². The first-order valence-electron chi connectivity index (χ1n) is 8.08. The van der Waals surface area contributed by atoms with Crippen LogP contribution in [0, 0.1) is 10.1 Å². The first-order chi connectivity index (χ1) is 11.6. The minimum atomic E-state index is -0.447. The Hall–Kier alpha value is -2.48. The van der Waals surface area contributed by atoms with Crippen molar-refractivity contribution in [2.24, 2.45) is 5.10 Å². The Morgan fingerprint density at radius 1 is 1.38 bits per heavy atom. The lowest BCUT2D eigenvalue weighted by Gasteiger charge is -2.29. The Labute approximate surface area is 140 Å². The summed E-state index contributed by atoms with van der Waals surface area (Å²) in [5.74, 6) is -0.301. The third-order valence-corrected chi connectivity index (χ3v) is 3.87. The molecule has 1 amide bonds. The number of anilines is 1. The van der Waals surface area contributed by atoms with Crippen molar-refractivity contribution in [2.75, 3.05) is 24.6 Å². The average Bonchev–Trinajstić information content (AvgIpc) is 2.60. The summed E-state index contributed by atoms with van der Waals surface area (Å²) in [6, 6.07) is 4.69. The number of nitrogens with zero attached hydrogens (tertiary/aromatic N) is 3. The summed E-state index contributed by atoms with van der Waals surface area (Å²) in [4.78, 5) is 24.2. The molecule has 1 aromatic rings. The Balaban J connectivity index is 2.16. The Morgan fingerprint density at radius 2 is 2.12 bits per heavy atom. The summed E-state index contributed by atoms with van der Waals surface area (Å²) in [5, 5.41) is 23.6. The van der Waals surface area contributed by atoms with Crippen LogP contribution in [0.4, 0.5) is 11.4 Å². The van der Waals surface area contributed by atoms with Crippen LogP contribution in [0.15, 0.2) is 23.3 Å². The first kappa shape index (κ1) is 17.9. The average molecular weight is 334 g/mol. The van der Waals surface area contributed by atoms with Crippen LogP contribution < -0.4 is 10.3 Å². The molecular formula is C16H22N4O4. The van der Waals surface area contributed by atoms with E-state index in [1.807, 2.05) is 0 Å². The largest absolute Gasteiger partial charge is 0.396 e. The quantitative estimate of drug-likeness (QED) is 0.449. The Bertz CT molecular complexity index is 612. The number of nitrogens with one attached hydrogen (secondary N) is 1. The van der Waals surface area contributed by atoms with Crippen LogP contribution in [0.3, 0.4) is 0 Å². The number of nitro benzene ring substituents is 1. The number of carbonyl (C=O) groups is 1. The standard InChI is InChI=1S/C16H22N4O4/c21-10-4-5-16(22)18-17-12-13-11-14(20(23)24)6-7-15(13)19-8-2-1-3-9-19/h6-7,11-12,21H,1-5,8-10H2,(H,18,22)/b17-12+. The summed E-state index contributed by atoms with van der Waals surface area (Å²) in [6.45, 7) is 1.75. The fourth-order valence-electron chi connectivity index (χ4n) is 2.65. The lowest BCUT2D eigenvalue weighted by molar-refractivity contribution is -0.384. The van der Waals surface area contributed by atoms with E-state index >= 15 is 0 Å². The third kappa shape index (κ3) is 5.02. The predicted molar refractivity (Wildman–Crippen MR) is 91.2 cm³/mol. The zero-order valence-electron chi connectivity index (χ0n) is 13.5. The Morgan fingerprint density at radius 3 is 2.79 bits per heavy atom. The van der Waals surface area contributed by atoms with Crippen LogP contribution in [0.2, 0.25) is 0 Å². The number of carbonyl (C=O) groups excluding carboxylic acids is 1. The van der Waals surface area contributed by atoms with Gasteiger partial charge in [-0.25, -0.2) is 5.43 Å². The highest BCUT2D eigenvalue weighted by Crippen LogP contribution is 2.26. The molecule has 0 radical (unpaired) electrons. The summed E-state index contributed by atoms with van der Waals surface area (Å²) in [5.41, 5.74) is 3.85. The van der Waals surface area contributed by atoms with E-state index in [-0.39, 0.29) is 24.6 Å². The second-order valence-corrected chi connectivity index (χ2v) is 5.67. The van der Waals surface area contributed by atoms with Gasteiger partial charge in [0.1, 0.15) is 0 Å². The molecule has 0 saturated carbocycles. The van der Waals surface area contributed by atoms with Crippen molar-refractivity contribution in [1.29, 1.82) is 0 Å². The number of nitro groups is 1. The molecule has 1 saturated heterocycles. The Kier molecular flexibility index (Phi) is 6.68. The van der Waals surface area contributed by atoms with Gasteiger partial charge in [0.2, 0.25) is 5.91 Å². The maximum atomic E-state index is 11.5. The SMILES string of the molecule is O=C(CCCO)N/N=C/c1cc([N+](=O)[O-])ccc1N1CCCCC1. The second kappa shape index (κ2) is 8.97. The van der Waals surface area contributed by atoms with Gasteiger partial charge >= 0.3 is 0 Å². The van der Waals surface area contributed by atoms with Crippen LogP contribution in [-0.2, 0) is 4.79 Å². The molecule has 0 spiro atoms. The second-order valence-electron chi connectivity index (χ2n) is 5.67. The van der Waals surface area contributed by atoms with E-state index in [9.17, 15) is 14.9 Å². The van der Waals surface area contributed by atoms with Gasteiger partial charge in [-0.05, 0) is 31.7 Å². The molecule has 0 bridgehead atoms. The molecule has 2 N–H and O–H groups in total. The van der Waals surface area contributed by atoms with Crippen molar-refractivity contribution >= 4 is 23.5 Å². The van der Waals surface area contributed by atoms with Gasteiger partial charge in [-0.15, -0.1) is 0 Å². The molecule has 1 aromatic carbocycles. The lowest BCUT2D eigenvalue weighted by atomic mass is 10.1. The molecule has 0 aromatic heterocycles. The number of amides is 1. The zero-order valence-corrected chi connectivity index (χ0v) is 13.5. The smallest absolute Gasteiger partial charge is 0.270 e. The molecular weight excluding hydrogens is 312 g/mol. The lowest BCUT2D eigenvalue weighted by Crippen LogP contribution is -2.30. The van der Waals surface area contributed by atoms with Crippen molar-refractivity contribution in [3.63, 3.8) is 0 Å². The number of benzene rings is 1. The molecule has 0 aliphatic carbocycles. The third-order valence-electron chi connectivity index (χ3n) is 3.87. The molecule has 1 aliphatic rings. The fourth-order valence-corrected chi connectivity index (χ4v) is 2.65. The molecule has 1 fully saturated rings. The van der Waals surface area contributed by atoms with Crippen LogP contribution in [-0.4, -0.2) is 41.8 Å². The fraction of sp³-hybridized carbons (Fsp3) is 0.500. The van der Waals surface area contributed by atoms with Gasteiger partial charge in [-0.3, -0.25) is 14.9 Å². The minimum Gasteiger partial charge on any atom is -0.396 e. The number of rotatable bonds is 7. The molecule has 0 unspecified atom stereocenters. The monoisotopic (exact) mass is 334 g/mol. The summed E-state index contributed by atoms with van der Waals surface area (Å²) < 4.78 is 0. The van der Waals surface area contributed by atoms with Gasteiger partial charge in [0, 0.05) is 49.5 Å². The molecule has 1 heterocycles. The molecule has 130 valence electrons. The highest BCUT2D eigenvalue weighted by Gasteiger charge is 2.17. The molecule has 2 rings (SSSR count). The summed E-state index contributed by atoms with van der Waals surface area (Å²) in [6.07, 6.45) is 5.36. The van der Waals surface area contributed by atoms with Gasteiger partial charge in [-0.2, -0.15) is 5.10 Å². The highest BCUT2D eigenvalue weighted by atomic mass is 16.6. The number of piperidine rings is 1. The van der Waals surface area contributed by atoms with Crippen molar-refractivity contribution in [1.82, 2.24) is 5.43 Å². The highest BCUT2D eigenvalue weighted by molar-refractivity contribution is 5.90. The maximum Gasteiger partial charge on any atom is 0.270 e. The number of hydrogen-bond donors (Lipinski definition) is 2. The summed E-state index contributed by atoms with van der Waals surface area (Å²) in [7, 11) is 0. The number of non-ortho nitro benzene ring substituents is 1. The molecule has 24 heavy (non-hydrogen) atoms. The van der Waals surface area contributed by atoms with E-state index in [1.165, 1.54) is 24.8 Å². The van der Waals surface area contributed by atoms with E-state index in [0.29, 0.717) is 12.0 Å². The molecule has 0 atom stereocenters. The normalized spacial score (nSPS) is 14.8. The number of aliphatic hydroxyl groups excluding tert-OH is 1. The van der Waals surface area contributed by atoms with Gasteiger partial charge in [0.15, 0.2) is 0 Å². The number of hydrogen-bond acceptors (Lipinski definition) is 6. The van der Waals surface area contributed by atoms with Crippen LogP contribution in [0.1, 0.15) is 37.7 Å². The van der Waals surface area contributed by atoms with Gasteiger partial charge in [0.05, 0.1) is 11.1 Å². The summed E-state index contributed by atoms with van der Waals surface area (Å²) >= 11 is 0. The van der Waals surface area contributed by atoms with E-state index < -0.39 is 4.92 Å². The van der Waals surface area contributed by atoms with E-state index in [2.05, 4.69) is 15.4 Å². The van der Waals surface area contributed by atoms with Crippen molar-refractivity contribution in [3.05, 3.63) is 33.9 Å². The number of hydrazone groups is 1. The van der Waals surface area contributed by atoms with Crippen molar-refractivity contribution < 1.29 is 14.8 Å². The van der Waals surface area contributed by atoms with E-state index in [4.69, 9.17) is 5.11 Å². The minimum absolute atomic E-state index is 0.0104. The van der Waals surface area contributed by atoms with E-state index in [0.717, 1.165) is 31.6 Å². The van der Waals surface area contributed by atoms with Crippen LogP contribution in [0.5, 0.6) is 0 Å². The topological polar surface area (TPSA) is 108 Å². The van der Waals surface area contributed by atoms with Crippen molar-refractivity contribution in [3.8, 4) is 0 Å². The number of aliphatic hydroxyl groups is 1. The zero-order chi connectivity index (χ0) is 17.4.